The van der Waals surface area contributed by atoms with E-state index in [-0.39, 0.29) is 48.0 Å². The van der Waals surface area contributed by atoms with Crippen LogP contribution in [-0.4, -0.2) is 203 Å². The predicted molar refractivity (Wildman–Crippen MR) is 257 cm³/mol. The Kier molecular flexibility index (Phi) is 16.2. The number of carboxylic acid groups (broad SMARTS) is 1. The van der Waals surface area contributed by atoms with Gasteiger partial charge in [-0.1, -0.05) is 74.0 Å². The fourth-order valence-corrected chi connectivity index (χ4v) is 15.9. The lowest BCUT2D eigenvalue weighted by molar-refractivity contribution is -0.390. The Morgan fingerprint density at radius 2 is 1.32 bits per heavy atom. The van der Waals surface area contributed by atoms with E-state index in [1.807, 2.05) is 27.7 Å². The number of carbonyl (C=O) groups excluding carboxylic acids is 1. The highest BCUT2D eigenvalue weighted by Gasteiger charge is 2.73. The van der Waals surface area contributed by atoms with E-state index < -0.39 is 163 Å². The van der Waals surface area contributed by atoms with Crippen LogP contribution in [0.25, 0.3) is 0 Å². The molecule has 0 amide bonds. The number of hydrogen-bond donors (Lipinski definition) is 12. The fraction of sp³-hybridized carbons (Fsp3) is 0.925. The van der Waals surface area contributed by atoms with Gasteiger partial charge in [-0.15, -0.1) is 0 Å². The largest absolute Gasteiger partial charge is 0.479 e. The van der Waals surface area contributed by atoms with Crippen molar-refractivity contribution in [3.63, 3.8) is 0 Å². The van der Waals surface area contributed by atoms with Crippen LogP contribution in [0.1, 0.15) is 121 Å². The molecule has 3 saturated heterocycles. The minimum atomic E-state index is -2.04. The molecular weight excluding hydrogens is 973 g/mol. The Bertz CT molecular complexity index is 2070. The Morgan fingerprint density at radius 3 is 1.95 bits per heavy atom. The van der Waals surface area contributed by atoms with Crippen molar-refractivity contribution in [2.45, 2.75) is 237 Å². The number of aliphatic hydroxyl groups is 11. The smallest absolute Gasteiger partial charge is 0.335 e. The van der Waals surface area contributed by atoms with Crippen LogP contribution in [0, 0.1) is 56.2 Å². The van der Waals surface area contributed by atoms with E-state index in [2.05, 4.69) is 40.7 Å². The van der Waals surface area contributed by atoms with Gasteiger partial charge >= 0.3 is 11.9 Å². The van der Waals surface area contributed by atoms with E-state index in [9.17, 15) is 70.9 Å². The molecule has 12 N–H and O–H groups in total. The van der Waals surface area contributed by atoms with Crippen molar-refractivity contribution in [3.8, 4) is 0 Å². The molecule has 5 aliphatic carbocycles. The average Bonchev–Trinajstić information content (AvgIpc) is 3.31. The maximum atomic E-state index is 13.1. The zero-order valence-corrected chi connectivity index (χ0v) is 44.5. The summed E-state index contributed by atoms with van der Waals surface area (Å²) < 4.78 is 42.2. The number of ether oxygens (including phenoxy) is 7. The third-order valence-corrected chi connectivity index (χ3v) is 20.4. The van der Waals surface area contributed by atoms with Crippen LogP contribution in [0.3, 0.4) is 0 Å². The number of carboxylic acids is 1. The van der Waals surface area contributed by atoms with Crippen molar-refractivity contribution >= 4 is 11.9 Å². The number of carbonyl (C=O) groups is 2. The molecule has 0 aromatic rings. The number of aliphatic hydroxyl groups excluding tert-OH is 11. The second kappa shape index (κ2) is 20.6. The molecule has 424 valence electrons. The molecule has 0 radical (unpaired) electrons. The lowest BCUT2D eigenvalue weighted by Crippen LogP contribution is -2.72. The van der Waals surface area contributed by atoms with Gasteiger partial charge in [-0.2, -0.15) is 0 Å². The van der Waals surface area contributed by atoms with Crippen LogP contribution in [0.5, 0.6) is 0 Å². The molecule has 26 atom stereocenters. The molecule has 0 bridgehead atoms. The Morgan fingerprint density at radius 1 is 0.703 bits per heavy atom. The predicted octanol–water partition coefficient (Wildman–Crippen LogP) is 0.243. The number of esters is 1. The van der Waals surface area contributed by atoms with Crippen LogP contribution < -0.4 is 0 Å². The molecule has 26 unspecified atom stereocenters. The quantitative estimate of drug-likeness (QED) is 0.0708. The van der Waals surface area contributed by atoms with Crippen molar-refractivity contribution in [2.75, 3.05) is 13.2 Å². The number of aliphatic carboxylic acids is 1. The molecule has 8 rings (SSSR count). The number of fused-ring (bicyclic) bond motifs is 7. The lowest BCUT2D eigenvalue weighted by atomic mass is 9.33. The van der Waals surface area contributed by atoms with Gasteiger partial charge in [0.25, 0.3) is 0 Å². The van der Waals surface area contributed by atoms with Gasteiger partial charge in [0.2, 0.25) is 0 Å². The molecule has 0 aromatic carbocycles. The van der Waals surface area contributed by atoms with Gasteiger partial charge in [0.05, 0.1) is 42.5 Å². The summed E-state index contributed by atoms with van der Waals surface area (Å²) in [4.78, 5) is 26.1. The van der Waals surface area contributed by atoms with E-state index in [4.69, 9.17) is 33.2 Å². The topological polar surface area (TPSA) is 342 Å². The van der Waals surface area contributed by atoms with Crippen LogP contribution >= 0.6 is 0 Å². The molecule has 4 saturated carbocycles. The summed E-state index contributed by atoms with van der Waals surface area (Å²) in [5, 5.41) is 133. The summed E-state index contributed by atoms with van der Waals surface area (Å²) >= 11 is 0. The maximum absolute atomic E-state index is 13.1. The Hall–Kier alpha value is -2.00. The van der Waals surface area contributed by atoms with Crippen molar-refractivity contribution in [1.82, 2.24) is 0 Å². The van der Waals surface area contributed by atoms with Crippen molar-refractivity contribution < 1.29 is 104 Å². The molecular formula is C53H86O21. The van der Waals surface area contributed by atoms with Gasteiger partial charge in [-0.3, -0.25) is 4.79 Å². The van der Waals surface area contributed by atoms with Gasteiger partial charge in [-0.25, -0.2) is 4.79 Å². The molecule has 0 spiro atoms. The first-order valence-electron chi connectivity index (χ1n) is 26.8. The van der Waals surface area contributed by atoms with Gasteiger partial charge in [0.15, 0.2) is 25.0 Å². The summed E-state index contributed by atoms with van der Waals surface area (Å²) in [6.07, 6.45) is -24.5. The number of rotatable bonds is 12. The molecule has 74 heavy (non-hydrogen) atoms. The molecule has 3 aliphatic heterocycles. The third kappa shape index (κ3) is 9.23. The van der Waals surface area contributed by atoms with Crippen molar-refractivity contribution in [1.29, 1.82) is 0 Å². The molecule has 0 aromatic heterocycles. The average molecular weight is 1060 g/mol. The van der Waals surface area contributed by atoms with Crippen molar-refractivity contribution in [2.24, 2.45) is 56.2 Å². The van der Waals surface area contributed by atoms with Crippen LogP contribution in [-0.2, 0) is 42.7 Å². The van der Waals surface area contributed by atoms with E-state index in [0.29, 0.717) is 32.1 Å². The Labute approximate surface area is 433 Å². The Balaban J connectivity index is 1.09. The normalized spacial score (nSPS) is 51.9. The van der Waals surface area contributed by atoms with E-state index in [0.717, 1.165) is 12.0 Å². The lowest BCUT2D eigenvalue weighted by Gasteiger charge is -2.72. The standard InChI is InChI=1S/C53H86O21/c1-22(2)17-31(56)68-21-53-25(18-48(4,5)42(64)43(53)65)24-11-12-28-50(8)15-14-30(49(6,7)27(50)13-16-51(28,9)52(24,10)19-29(53)55)71-47-40(73-46-37(62)35(60)33(58)26(20-54)70-46)38(63)39(41(74-47)44(66)67)72-45-36(61)34(59)32(57)23(3)69-45/h11,22-23,25-30,32-43,45-47,54-55,57-65H,12-21H2,1-10H3,(H,66,67). The number of hydrogen-bond acceptors (Lipinski definition) is 20. The highest BCUT2D eigenvalue weighted by Crippen LogP contribution is 2.76. The van der Waals surface area contributed by atoms with Crippen molar-refractivity contribution in [3.05, 3.63) is 11.6 Å². The van der Waals surface area contributed by atoms with Crippen LogP contribution in [0.4, 0.5) is 0 Å². The summed E-state index contributed by atoms with van der Waals surface area (Å²) in [5.74, 6) is -2.37. The summed E-state index contributed by atoms with van der Waals surface area (Å²) in [6.45, 7) is 19.0. The molecule has 8 aliphatic rings. The molecule has 21 nitrogen and oxygen atoms in total. The third-order valence-electron chi connectivity index (χ3n) is 20.4. The zero-order valence-electron chi connectivity index (χ0n) is 44.5. The fourth-order valence-electron chi connectivity index (χ4n) is 15.9. The first-order chi connectivity index (χ1) is 34.3. The van der Waals surface area contributed by atoms with Gasteiger partial charge in [-0.05, 0) is 103 Å². The second-order valence-electron chi connectivity index (χ2n) is 25.8. The second-order valence-corrected chi connectivity index (χ2v) is 25.8. The van der Waals surface area contributed by atoms with Crippen LogP contribution in [0.15, 0.2) is 11.6 Å². The zero-order chi connectivity index (χ0) is 54.7. The summed E-state index contributed by atoms with van der Waals surface area (Å²) in [7, 11) is 0. The molecule has 7 fully saturated rings. The van der Waals surface area contributed by atoms with E-state index in [1.54, 1.807) is 0 Å². The maximum Gasteiger partial charge on any atom is 0.335 e. The van der Waals surface area contributed by atoms with E-state index >= 15 is 0 Å². The van der Waals surface area contributed by atoms with E-state index in [1.165, 1.54) is 6.92 Å². The summed E-state index contributed by atoms with van der Waals surface area (Å²) in [5.41, 5.74) is -2.94. The molecule has 3 heterocycles. The van der Waals surface area contributed by atoms with Gasteiger partial charge in [0, 0.05) is 6.42 Å². The first kappa shape index (κ1) is 58.2. The van der Waals surface area contributed by atoms with Gasteiger partial charge in [0.1, 0.15) is 67.6 Å². The highest BCUT2D eigenvalue weighted by atomic mass is 16.8. The summed E-state index contributed by atoms with van der Waals surface area (Å²) in [6, 6.07) is 0. The minimum absolute atomic E-state index is 0.0256. The van der Waals surface area contributed by atoms with Gasteiger partial charge < -0.3 is 94.4 Å². The monoisotopic (exact) mass is 1060 g/mol. The number of allylic oxidation sites excluding steroid dienone is 2. The molecule has 21 heteroatoms. The highest BCUT2D eigenvalue weighted by molar-refractivity contribution is 5.73. The minimum Gasteiger partial charge on any atom is -0.479 e. The first-order valence-corrected chi connectivity index (χ1v) is 26.8. The van der Waals surface area contributed by atoms with Crippen LogP contribution in [0.2, 0.25) is 0 Å². The SMILES string of the molecule is CC(C)CC(=O)OCC12C(O)CC3(C)C(=CCC4C5(C)CCC(OC6OC(C(=O)O)C(OC7OC(C)C(O)C(O)C7O)C(O)C6OC6OC(CO)C(O)C(O)C6O)C(C)(C)C5CCC43C)C1CC(C)(C)C(O)C2O.